The lowest BCUT2D eigenvalue weighted by atomic mass is 10.2. The first-order valence-corrected chi connectivity index (χ1v) is 8.56. The Labute approximate surface area is 151 Å². The molecular formula is C19H21N5O2. The minimum atomic E-state index is -0.0892. The molecule has 0 unspecified atom stereocenters. The summed E-state index contributed by atoms with van der Waals surface area (Å²) in [5, 5.41) is 4.80. The van der Waals surface area contributed by atoms with Crippen molar-refractivity contribution in [2.24, 2.45) is 5.10 Å². The van der Waals surface area contributed by atoms with Gasteiger partial charge in [-0.3, -0.25) is 14.3 Å². The van der Waals surface area contributed by atoms with Crippen LogP contribution in [0.3, 0.4) is 0 Å². The number of hydrogen-bond acceptors (Lipinski definition) is 6. The molecule has 26 heavy (non-hydrogen) atoms. The smallest absolute Gasteiger partial charge is 0.262 e. The molecular weight excluding hydrogens is 330 g/mol. The zero-order valence-electron chi connectivity index (χ0n) is 14.6. The Morgan fingerprint density at radius 3 is 2.85 bits per heavy atom. The number of pyridine rings is 1. The number of nitrogens with one attached hydrogen (secondary N) is 1. The molecule has 134 valence electrons. The molecule has 0 aliphatic heterocycles. The lowest BCUT2D eigenvalue weighted by Crippen LogP contribution is -2.25. The fourth-order valence-corrected chi connectivity index (χ4v) is 2.54. The van der Waals surface area contributed by atoms with Crippen LogP contribution in [0.1, 0.15) is 18.9 Å². The van der Waals surface area contributed by atoms with Crippen LogP contribution in [-0.2, 0) is 11.3 Å². The summed E-state index contributed by atoms with van der Waals surface area (Å²) in [5.41, 5.74) is 4.35. The molecule has 0 spiro atoms. The zero-order chi connectivity index (χ0) is 18.2. The van der Waals surface area contributed by atoms with Gasteiger partial charge in [0.05, 0.1) is 17.1 Å². The Bertz CT molecular complexity index is 938. The SMILES string of the molecule is CCOCCCn1c(N/N=C\c2ccncc2)nc2ccccc2c1=O. The second kappa shape index (κ2) is 8.87. The number of fused-ring (bicyclic) bond motifs is 1. The van der Waals surface area contributed by atoms with Crippen molar-refractivity contribution in [3.8, 4) is 0 Å². The van der Waals surface area contributed by atoms with E-state index in [1.54, 1.807) is 29.2 Å². The normalized spacial score (nSPS) is 11.3. The van der Waals surface area contributed by atoms with Crippen LogP contribution in [0.25, 0.3) is 10.9 Å². The van der Waals surface area contributed by atoms with E-state index in [0.29, 0.717) is 36.6 Å². The maximum atomic E-state index is 12.8. The standard InChI is InChI=1S/C19H21N5O2/c1-2-26-13-5-12-24-18(25)16-6-3-4-7-17(16)22-19(24)23-21-14-15-8-10-20-11-9-15/h3-4,6-11,14H,2,5,12-13H2,1H3,(H,22,23)/b21-14-. The molecule has 1 aromatic carbocycles. The van der Waals surface area contributed by atoms with Gasteiger partial charge in [-0.25, -0.2) is 10.4 Å². The molecule has 2 aromatic heterocycles. The largest absolute Gasteiger partial charge is 0.382 e. The summed E-state index contributed by atoms with van der Waals surface area (Å²) in [6.45, 7) is 3.70. The minimum Gasteiger partial charge on any atom is -0.382 e. The summed E-state index contributed by atoms with van der Waals surface area (Å²) >= 11 is 0. The van der Waals surface area contributed by atoms with E-state index in [1.165, 1.54) is 0 Å². The second-order valence-corrected chi connectivity index (χ2v) is 5.61. The van der Waals surface area contributed by atoms with Crippen molar-refractivity contribution in [2.45, 2.75) is 19.9 Å². The number of ether oxygens (including phenoxy) is 1. The highest BCUT2D eigenvalue weighted by Gasteiger charge is 2.10. The Balaban J connectivity index is 1.88. The Morgan fingerprint density at radius 1 is 1.23 bits per heavy atom. The lowest BCUT2D eigenvalue weighted by Gasteiger charge is -2.12. The molecule has 0 bridgehead atoms. The van der Waals surface area contributed by atoms with Crippen LogP contribution < -0.4 is 11.0 Å². The van der Waals surface area contributed by atoms with Crippen LogP contribution in [0.2, 0.25) is 0 Å². The fourth-order valence-electron chi connectivity index (χ4n) is 2.54. The van der Waals surface area contributed by atoms with Gasteiger partial charge in [0.2, 0.25) is 5.95 Å². The predicted molar refractivity (Wildman–Crippen MR) is 103 cm³/mol. The molecule has 0 atom stereocenters. The van der Waals surface area contributed by atoms with E-state index in [9.17, 15) is 4.79 Å². The number of hydrogen-bond donors (Lipinski definition) is 1. The van der Waals surface area contributed by atoms with Gasteiger partial charge >= 0.3 is 0 Å². The molecule has 0 fully saturated rings. The Hall–Kier alpha value is -3.06. The number of nitrogens with zero attached hydrogens (tertiary/aromatic N) is 4. The van der Waals surface area contributed by atoms with Gasteiger partial charge in [-0.05, 0) is 43.2 Å². The number of para-hydroxylation sites is 1. The lowest BCUT2D eigenvalue weighted by molar-refractivity contribution is 0.141. The number of rotatable bonds is 8. The quantitative estimate of drug-likeness (QED) is 0.383. The van der Waals surface area contributed by atoms with Crippen molar-refractivity contribution in [3.05, 3.63) is 64.7 Å². The van der Waals surface area contributed by atoms with Crippen LogP contribution in [0, 0.1) is 0 Å². The first-order valence-electron chi connectivity index (χ1n) is 8.56. The number of hydrazone groups is 1. The molecule has 3 rings (SSSR count). The molecule has 0 radical (unpaired) electrons. The van der Waals surface area contributed by atoms with E-state index < -0.39 is 0 Å². The van der Waals surface area contributed by atoms with Gasteiger partial charge in [0.1, 0.15) is 0 Å². The van der Waals surface area contributed by atoms with Gasteiger partial charge in [0, 0.05) is 32.2 Å². The number of anilines is 1. The summed E-state index contributed by atoms with van der Waals surface area (Å²) < 4.78 is 6.97. The maximum Gasteiger partial charge on any atom is 0.262 e. The van der Waals surface area contributed by atoms with E-state index >= 15 is 0 Å². The summed E-state index contributed by atoms with van der Waals surface area (Å²) in [4.78, 5) is 21.3. The molecule has 0 amide bonds. The summed E-state index contributed by atoms with van der Waals surface area (Å²) in [6, 6.07) is 11.0. The zero-order valence-corrected chi connectivity index (χ0v) is 14.6. The molecule has 0 saturated heterocycles. The maximum absolute atomic E-state index is 12.8. The van der Waals surface area contributed by atoms with E-state index in [1.807, 2.05) is 37.3 Å². The molecule has 7 heteroatoms. The highest BCUT2D eigenvalue weighted by Crippen LogP contribution is 2.11. The third-order valence-corrected chi connectivity index (χ3v) is 3.82. The second-order valence-electron chi connectivity index (χ2n) is 5.61. The van der Waals surface area contributed by atoms with Crippen LogP contribution in [-0.4, -0.2) is 34.0 Å². The van der Waals surface area contributed by atoms with Gasteiger partial charge < -0.3 is 4.74 Å². The average Bonchev–Trinajstić information content (AvgIpc) is 2.68. The molecule has 0 aliphatic rings. The summed E-state index contributed by atoms with van der Waals surface area (Å²) in [7, 11) is 0. The van der Waals surface area contributed by atoms with Crippen molar-refractivity contribution in [1.82, 2.24) is 14.5 Å². The van der Waals surface area contributed by atoms with Gasteiger partial charge in [-0.2, -0.15) is 5.10 Å². The molecule has 0 saturated carbocycles. The molecule has 1 N–H and O–H groups in total. The van der Waals surface area contributed by atoms with E-state index in [-0.39, 0.29) is 5.56 Å². The van der Waals surface area contributed by atoms with Crippen molar-refractivity contribution in [2.75, 3.05) is 18.6 Å². The Kier molecular flexibility index (Phi) is 6.05. The van der Waals surface area contributed by atoms with Crippen molar-refractivity contribution < 1.29 is 4.74 Å². The highest BCUT2D eigenvalue weighted by atomic mass is 16.5. The van der Waals surface area contributed by atoms with E-state index in [4.69, 9.17) is 4.74 Å². The van der Waals surface area contributed by atoms with Crippen LogP contribution in [0.5, 0.6) is 0 Å². The van der Waals surface area contributed by atoms with Crippen molar-refractivity contribution in [1.29, 1.82) is 0 Å². The monoisotopic (exact) mass is 351 g/mol. The van der Waals surface area contributed by atoms with E-state index in [0.717, 1.165) is 12.0 Å². The molecule has 7 nitrogen and oxygen atoms in total. The molecule has 2 heterocycles. The third kappa shape index (κ3) is 4.31. The van der Waals surface area contributed by atoms with Gasteiger partial charge in [-0.1, -0.05) is 12.1 Å². The minimum absolute atomic E-state index is 0.0892. The van der Waals surface area contributed by atoms with Crippen molar-refractivity contribution in [3.63, 3.8) is 0 Å². The van der Waals surface area contributed by atoms with Gasteiger partial charge in [-0.15, -0.1) is 0 Å². The molecule has 0 aliphatic carbocycles. The summed E-state index contributed by atoms with van der Waals surface area (Å²) in [6.07, 6.45) is 5.77. The molecule has 3 aromatic rings. The first kappa shape index (κ1) is 17.8. The predicted octanol–water partition coefficient (Wildman–Crippen LogP) is 2.66. The highest BCUT2D eigenvalue weighted by molar-refractivity contribution is 5.80. The van der Waals surface area contributed by atoms with Crippen molar-refractivity contribution >= 4 is 23.1 Å². The topological polar surface area (TPSA) is 81.4 Å². The first-order chi connectivity index (χ1) is 12.8. The van der Waals surface area contributed by atoms with E-state index in [2.05, 4.69) is 20.5 Å². The van der Waals surface area contributed by atoms with Gasteiger partial charge in [0.15, 0.2) is 0 Å². The van der Waals surface area contributed by atoms with Crippen LogP contribution >= 0.6 is 0 Å². The van der Waals surface area contributed by atoms with Crippen LogP contribution in [0.15, 0.2) is 58.7 Å². The summed E-state index contributed by atoms with van der Waals surface area (Å²) in [5.74, 6) is 0.413. The average molecular weight is 351 g/mol. The fraction of sp³-hybridized carbons (Fsp3) is 0.263. The third-order valence-electron chi connectivity index (χ3n) is 3.82. The number of benzene rings is 1. The van der Waals surface area contributed by atoms with Crippen LogP contribution in [0.4, 0.5) is 5.95 Å². The van der Waals surface area contributed by atoms with Gasteiger partial charge in [0.25, 0.3) is 5.56 Å². The Morgan fingerprint density at radius 2 is 2.04 bits per heavy atom. The number of aromatic nitrogens is 3.